The first-order valence-electron chi connectivity index (χ1n) is 18.8. The van der Waals surface area contributed by atoms with E-state index < -0.39 is 0 Å². The molecule has 0 atom stereocenters. The maximum absolute atomic E-state index is 6.27. The first-order chi connectivity index (χ1) is 27.8. The first-order valence-corrected chi connectivity index (χ1v) is 18.8. The molecule has 3 aromatic heterocycles. The second-order valence-electron chi connectivity index (χ2n) is 14.0. The van der Waals surface area contributed by atoms with Crippen molar-refractivity contribution in [2.45, 2.75) is 0 Å². The van der Waals surface area contributed by atoms with Crippen LogP contribution in [0.5, 0.6) is 0 Å². The van der Waals surface area contributed by atoms with Gasteiger partial charge in [0.15, 0.2) is 17.5 Å². The predicted molar refractivity (Wildman–Crippen MR) is 229 cm³/mol. The summed E-state index contributed by atoms with van der Waals surface area (Å²) in [5, 5.41) is 4.49. The Balaban J connectivity index is 1.24. The van der Waals surface area contributed by atoms with Crippen LogP contribution in [-0.2, 0) is 0 Å². The fourth-order valence-corrected chi connectivity index (χ4v) is 8.06. The van der Waals surface area contributed by atoms with Gasteiger partial charge in [0.05, 0.1) is 22.3 Å². The van der Waals surface area contributed by atoms with Gasteiger partial charge in [-0.2, -0.15) is 0 Å². The molecule has 0 bridgehead atoms. The molecule has 0 aliphatic carbocycles. The molecule has 0 radical (unpaired) electrons. The number of para-hydroxylation sites is 2. The third kappa shape index (κ3) is 5.29. The summed E-state index contributed by atoms with van der Waals surface area (Å²) < 4.78 is 8.64. The highest BCUT2D eigenvalue weighted by Crippen LogP contribution is 2.43. The van der Waals surface area contributed by atoms with Crippen molar-refractivity contribution in [3.05, 3.63) is 194 Å². The van der Waals surface area contributed by atoms with Gasteiger partial charge >= 0.3 is 0 Å². The number of benzene rings is 8. The van der Waals surface area contributed by atoms with Crippen LogP contribution in [0.15, 0.2) is 199 Å². The van der Waals surface area contributed by atoms with Crippen LogP contribution >= 0.6 is 0 Å². The van der Waals surface area contributed by atoms with E-state index in [2.05, 4.69) is 150 Å². The van der Waals surface area contributed by atoms with Gasteiger partial charge < -0.3 is 8.98 Å². The maximum Gasteiger partial charge on any atom is 0.166 e. The summed E-state index contributed by atoms with van der Waals surface area (Å²) in [6.45, 7) is 0. The van der Waals surface area contributed by atoms with Crippen molar-refractivity contribution in [3.8, 4) is 62.1 Å². The van der Waals surface area contributed by atoms with Crippen molar-refractivity contribution in [3.63, 3.8) is 0 Å². The van der Waals surface area contributed by atoms with Crippen LogP contribution in [0, 0.1) is 0 Å². The highest BCUT2D eigenvalue weighted by atomic mass is 16.3. The van der Waals surface area contributed by atoms with Gasteiger partial charge in [-0.3, -0.25) is 0 Å². The number of hydrogen-bond acceptors (Lipinski definition) is 4. The third-order valence-electron chi connectivity index (χ3n) is 10.7. The highest BCUT2D eigenvalue weighted by Gasteiger charge is 2.23. The molecular weight excluding hydrogens is 685 g/mol. The standard InChI is InChI=1S/C51H32N4O/c1-4-15-33(16-5-1)36-27-29-44-41(31-36)39-21-10-12-24-43(39)55(44)45-25-14-23-38(37-28-30-47-42(32-37)40-22-11-13-26-46(40)56-47)48(45)51-53-49(34-17-6-2-7-18-34)52-50(54-51)35-19-8-3-9-20-35/h1-32H. The summed E-state index contributed by atoms with van der Waals surface area (Å²) in [6, 6.07) is 67.5. The van der Waals surface area contributed by atoms with Gasteiger partial charge in [-0.05, 0) is 64.7 Å². The molecule has 11 rings (SSSR count). The Labute approximate surface area is 322 Å². The fraction of sp³-hybridized carbons (Fsp3) is 0. The molecule has 11 aromatic rings. The largest absolute Gasteiger partial charge is 0.456 e. The number of fused-ring (bicyclic) bond motifs is 6. The van der Waals surface area contributed by atoms with E-state index in [1.54, 1.807) is 0 Å². The van der Waals surface area contributed by atoms with E-state index in [0.29, 0.717) is 17.5 Å². The van der Waals surface area contributed by atoms with Gasteiger partial charge in [0.2, 0.25) is 0 Å². The fourth-order valence-electron chi connectivity index (χ4n) is 8.06. The Kier molecular flexibility index (Phi) is 7.42. The lowest BCUT2D eigenvalue weighted by Gasteiger charge is -2.18. The van der Waals surface area contributed by atoms with Crippen LogP contribution in [0.2, 0.25) is 0 Å². The van der Waals surface area contributed by atoms with Gasteiger partial charge in [-0.15, -0.1) is 0 Å². The Morgan fingerprint density at radius 3 is 1.62 bits per heavy atom. The molecule has 5 nitrogen and oxygen atoms in total. The quantitative estimate of drug-likeness (QED) is 0.172. The van der Waals surface area contributed by atoms with Crippen LogP contribution in [0.3, 0.4) is 0 Å². The topological polar surface area (TPSA) is 56.7 Å². The summed E-state index contributed by atoms with van der Waals surface area (Å²) in [7, 11) is 0. The molecule has 3 heterocycles. The van der Waals surface area contributed by atoms with Crippen LogP contribution in [-0.4, -0.2) is 19.5 Å². The van der Waals surface area contributed by atoms with E-state index in [9.17, 15) is 0 Å². The van der Waals surface area contributed by atoms with Crippen LogP contribution in [0.4, 0.5) is 0 Å². The minimum atomic E-state index is 0.590. The van der Waals surface area contributed by atoms with Gasteiger partial charge in [0, 0.05) is 32.7 Å². The van der Waals surface area contributed by atoms with Gasteiger partial charge in [-0.25, -0.2) is 15.0 Å². The van der Waals surface area contributed by atoms with Crippen LogP contribution < -0.4 is 0 Å². The average Bonchev–Trinajstić information content (AvgIpc) is 3.82. The van der Waals surface area contributed by atoms with E-state index in [4.69, 9.17) is 19.4 Å². The summed E-state index contributed by atoms with van der Waals surface area (Å²) in [6.07, 6.45) is 0. The Hall–Kier alpha value is -7.63. The molecule has 0 N–H and O–H groups in total. The highest BCUT2D eigenvalue weighted by molar-refractivity contribution is 6.12. The summed E-state index contributed by atoms with van der Waals surface area (Å²) in [5.74, 6) is 1.81. The Morgan fingerprint density at radius 2 is 0.893 bits per heavy atom. The predicted octanol–water partition coefficient (Wildman–Crippen LogP) is 13.2. The van der Waals surface area contributed by atoms with Crippen LogP contribution in [0.25, 0.3) is 106 Å². The second kappa shape index (κ2) is 13.0. The molecule has 0 aliphatic heterocycles. The lowest BCUT2D eigenvalue weighted by molar-refractivity contribution is 0.669. The lowest BCUT2D eigenvalue weighted by Crippen LogP contribution is -2.05. The maximum atomic E-state index is 6.27. The van der Waals surface area contributed by atoms with Crippen LogP contribution in [0.1, 0.15) is 0 Å². The summed E-state index contributed by atoms with van der Waals surface area (Å²) in [5.41, 5.74) is 12.0. The molecule has 0 saturated heterocycles. The van der Waals surface area contributed by atoms with E-state index in [0.717, 1.165) is 66.5 Å². The first kappa shape index (κ1) is 31.9. The van der Waals surface area contributed by atoms with E-state index >= 15 is 0 Å². The molecule has 0 spiro atoms. The van der Waals surface area contributed by atoms with E-state index in [-0.39, 0.29) is 0 Å². The summed E-state index contributed by atoms with van der Waals surface area (Å²) in [4.78, 5) is 15.7. The average molecular weight is 717 g/mol. The number of aromatic nitrogens is 4. The number of nitrogens with zero attached hydrogens (tertiary/aromatic N) is 4. The molecule has 0 fully saturated rings. The molecule has 262 valence electrons. The zero-order chi connectivity index (χ0) is 37.0. The minimum Gasteiger partial charge on any atom is -0.456 e. The lowest BCUT2D eigenvalue weighted by atomic mass is 9.95. The third-order valence-corrected chi connectivity index (χ3v) is 10.7. The number of hydrogen-bond donors (Lipinski definition) is 0. The van der Waals surface area contributed by atoms with Gasteiger partial charge in [-0.1, -0.05) is 152 Å². The van der Waals surface area contributed by atoms with Crippen molar-refractivity contribution in [2.75, 3.05) is 0 Å². The van der Waals surface area contributed by atoms with Gasteiger partial charge in [0.25, 0.3) is 0 Å². The normalized spacial score (nSPS) is 11.6. The smallest absolute Gasteiger partial charge is 0.166 e. The Bertz CT molecular complexity index is 3180. The molecule has 56 heavy (non-hydrogen) atoms. The number of furan rings is 1. The zero-order valence-corrected chi connectivity index (χ0v) is 30.2. The summed E-state index contributed by atoms with van der Waals surface area (Å²) >= 11 is 0. The van der Waals surface area contributed by atoms with Crippen molar-refractivity contribution < 1.29 is 4.42 Å². The number of rotatable bonds is 6. The molecule has 0 aliphatic rings. The van der Waals surface area contributed by atoms with Crippen molar-refractivity contribution >= 4 is 43.7 Å². The van der Waals surface area contributed by atoms with E-state index in [1.807, 2.05) is 48.5 Å². The van der Waals surface area contributed by atoms with E-state index in [1.165, 1.54) is 21.9 Å². The molecule has 5 heteroatoms. The monoisotopic (exact) mass is 716 g/mol. The molecular formula is C51H32N4O. The Morgan fingerprint density at radius 1 is 0.339 bits per heavy atom. The zero-order valence-electron chi connectivity index (χ0n) is 30.2. The molecule has 0 unspecified atom stereocenters. The van der Waals surface area contributed by atoms with Crippen molar-refractivity contribution in [1.82, 2.24) is 19.5 Å². The van der Waals surface area contributed by atoms with Crippen molar-refractivity contribution in [2.24, 2.45) is 0 Å². The SMILES string of the molecule is c1ccc(-c2ccc3c(c2)c2ccccc2n3-c2cccc(-c3ccc4oc5ccccc5c4c3)c2-c2nc(-c3ccccc3)nc(-c3ccccc3)n2)cc1. The minimum absolute atomic E-state index is 0.590. The molecule has 8 aromatic carbocycles. The second-order valence-corrected chi connectivity index (χ2v) is 14.0. The van der Waals surface area contributed by atoms with Gasteiger partial charge in [0.1, 0.15) is 11.2 Å². The molecule has 0 saturated carbocycles. The van der Waals surface area contributed by atoms with Crippen molar-refractivity contribution in [1.29, 1.82) is 0 Å². The molecule has 0 amide bonds.